The molecule has 0 radical (unpaired) electrons. The van der Waals surface area contributed by atoms with Crippen molar-refractivity contribution < 1.29 is 4.74 Å². The number of aromatic nitrogens is 1. The summed E-state index contributed by atoms with van der Waals surface area (Å²) < 4.78 is 5.70. The van der Waals surface area contributed by atoms with Gasteiger partial charge >= 0.3 is 0 Å². The van der Waals surface area contributed by atoms with E-state index in [4.69, 9.17) is 4.74 Å². The van der Waals surface area contributed by atoms with E-state index in [1.807, 2.05) is 30.3 Å². The minimum atomic E-state index is 0.525. The number of para-hydroxylation sites is 1. The minimum absolute atomic E-state index is 0.525. The van der Waals surface area contributed by atoms with Gasteiger partial charge in [-0.05, 0) is 30.7 Å². The number of nitrogens with zero attached hydrogens (tertiary/aromatic N) is 1. The maximum absolute atomic E-state index is 5.70. The van der Waals surface area contributed by atoms with E-state index in [-0.39, 0.29) is 0 Å². The van der Waals surface area contributed by atoms with Crippen LogP contribution < -0.4 is 10.1 Å². The third kappa shape index (κ3) is 4.07. The van der Waals surface area contributed by atoms with Crippen molar-refractivity contribution in [1.82, 2.24) is 10.3 Å². The average molecular weight is 256 g/mol. The van der Waals surface area contributed by atoms with Gasteiger partial charge in [0.05, 0.1) is 11.7 Å². The van der Waals surface area contributed by atoms with Gasteiger partial charge in [-0.1, -0.05) is 31.7 Å². The van der Waals surface area contributed by atoms with Crippen LogP contribution in [-0.4, -0.2) is 24.7 Å². The Morgan fingerprint density at radius 2 is 2.21 bits per heavy atom. The molecule has 1 aromatic heterocycles. The van der Waals surface area contributed by atoms with E-state index in [9.17, 15) is 0 Å². The van der Waals surface area contributed by atoms with Crippen LogP contribution in [0.5, 0.6) is 5.75 Å². The van der Waals surface area contributed by atoms with E-state index in [1.54, 1.807) is 6.20 Å². The van der Waals surface area contributed by atoms with Crippen LogP contribution >= 0.6 is 0 Å². The molecular weight excluding hydrogens is 236 g/mol. The summed E-state index contributed by atoms with van der Waals surface area (Å²) in [4.78, 5) is 4.36. The van der Waals surface area contributed by atoms with Crippen LogP contribution in [0.15, 0.2) is 48.7 Å². The van der Waals surface area contributed by atoms with Crippen molar-refractivity contribution in [3.63, 3.8) is 0 Å². The fourth-order valence-electron chi connectivity index (χ4n) is 1.81. The zero-order chi connectivity index (χ0) is 13.5. The fraction of sp³-hybridized carbons (Fsp3) is 0.312. The summed E-state index contributed by atoms with van der Waals surface area (Å²) in [5, 5.41) is 4.40. The number of hydrogen-bond acceptors (Lipinski definition) is 3. The first kappa shape index (κ1) is 13.6. The summed E-state index contributed by atoms with van der Waals surface area (Å²) in [6, 6.07) is 10.0. The molecule has 1 N–H and O–H groups in total. The standard InChI is InChI=1S/C16H20N2O/c1-3-8-17-10-13(2)12-19-15-9-14-6-4-5-7-16(14)18-11-15/h4-7,9,11,17H,2-3,8,10,12H2,1H3. The Labute approximate surface area is 114 Å². The second-order valence-corrected chi connectivity index (χ2v) is 4.58. The Bertz CT molecular complexity index is 551. The lowest BCUT2D eigenvalue weighted by Crippen LogP contribution is -2.20. The molecule has 0 saturated heterocycles. The van der Waals surface area contributed by atoms with E-state index < -0.39 is 0 Å². The monoisotopic (exact) mass is 256 g/mol. The zero-order valence-corrected chi connectivity index (χ0v) is 11.4. The van der Waals surface area contributed by atoms with E-state index in [1.165, 1.54) is 0 Å². The molecule has 0 atom stereocenters. The summed E-state index contributed by atoms with van der Waals surface area (Å²) in [6.07, 6.45) is 2.89. The van der Waals surface area contributed by atoms with Gasteiger partial charge in [-0.25, -0.2) is 0 Å². The maximum Gasteiger partial charge on any atom is 0.138 e. The quantitative estimate of drug-likeness (QED) is 0.610. The van der Waals surface area contributed by atoms with Crippen LogP contribution in [0.1, 0.15) is 13.3 Å². The summed E-state index contributed by atoms with van der Waals surface area (Å²) in [5.74, 6) is 0.787. The average Bonchev–Trinajstić information content (AvgIpc) is 2.45. The van der Waals surface area contributed by atoms with Gasteiger partial charge in [0.25, 0.3) is 0 Å². The maximum atomic E-state index is 5.70. The smallest absolute Gasteiger partial charge is 0.138 e. The lowest BCUT2D eigenvalue weighted by molar-refractivity contribution is 0.347. The Balaban J connectivity index is 1.89. The molecule has 3 heteroatoms. The molecule has 0 fully saturated rings. The summed E-state index contributed by atoms with van der Waals surface area (Å²) in [7, 11) is 0. The van der Waals surface area contributed by atoms with Crippen molar-refractivity contribution in [3.05, 3.63) is 48.7 Å². The largest absolute Gasteiger partial charge is 0.488 e. The highest BCUT2D eigenvalue weighted by Crippen LogP contribution is 2.18. The molecule has 100 valence electrons. The lowest BCUT2D eigenvalue weighted by Gasteiger charge is -2.09. The summed E-state index contributed by atoms with van der Waals surface area (Å²) >= 11 is 0. The molecule has 1 aromatic carbocycles. The number of hydrogen-bond donors (Lipinski definition) is 1. The zero-order valence-electron chi connectivity index (χ0n) is 11.4. The van der Waals surface area contributed by atoms with Crippen LogP contribution in [0.2, 0.25) is 0 Å². The van der Waals surface area contributed by atoms with E-state index in [0.29, 0.717) is 6.61 Å². The lowest BCUT2D eigenvalue weighted by atomic mass is 10.2. The Kier molecular flexibility index (Phi) is 4.93. The Hall–Kier alpha value is -1.87. The van der Waals surface area contributed by atoms with Crippen molar-refractivity contribution in [3.8, 4) is 5.75 Å². The van der Waals surface area contributed by atoms with Gasteiger partial charge in [-0.15, -0.1) is 0 Å². The first-order chi connectivity index (χ1) is 9.29. The van der Waals surface area contributed by atoms with E-state index in [0.717, 1.165) is 41.7 Å². The van der Waals surface area contributed by atoms with Crippen LogP contribution in [-0.2, 0) is 0 Å². The van der Waals surface area contributed by atoms with Gasteiger partial charge in [0.2, 0.25) is 0 Å². The minimum Gasteiger partial charge on any atom is -0.488 e. The Morgan fingerprint density at radius 3 is 3.05 bits per heavy atom. The number of fused-ring (bicyclic) bond motifs is 1. The predicted octanol–water partition coefficient (Wildman–Crippen LogP) is 3.17. The van der Waals surface area contributed by atoms with Gasteiger partial charge in [0, 0.05) is 11.9 Å². The van der Waals surface area contributed by atoms with Crippen LogP contribution in [0.25, 0.3) is 10.9 Å². The molecule has 0 saturated carbocycles. The molecule has 0 unspecified atom stereocenters. The van der Waals surface area contributed by atoms with Crippen LogP contribution in [0.3, 0.4) is 0 Å². The molecule has 3 nitrogen and oxygen atoms in total. The van der Waals surface area contributed by atoms with Crippen molar-refractivity contribution in [2.75, 3.05) is 19.7 Å². The second kappa shape index (κ2) is 6.90. The van der Waals surface area contributed by atoms with Crippen LogP contribution in [0.4, 0.5) is 0 Å². The van der Waals surface area contributed by atoms with Gasteiger partial charge in [0.15, 0.2) is 0 Å². The second-order valence-electron chi connectivity index (χ2n) is 4.58. The number of pyridine rings is 1. The van der Waals surface area contributed by atoms with E-state index in [2.05, 4.69) is 23.8 Å². The van der Waals surface area contributed by atoms with Gasteiger partial charge in [-0.3, -0.25) is 4.98 Å². The number of benzene rings is 1. The molecular formula is C16H20N2O. The third-order valence-corrected chi connectivity index (χ3v) is 2.81. The highest BCUT2D eigenvalue weighted by atomic mass is 16.5. The fourth-order valence-corrected chi connectivity index (χ4v) is 1.81. The summed E-state index contributed by atoms with van der Waals surface area (Å²) in [6.45, 7) is 8.48. The SMILES string of the molecule is C=C(CNCCC)COc1cnc2ccccc2c1. The predicted molar refractivity (Wildman–Crippen MR) is 79.5 cm³/mol. The molecule has 2 aromatic rings. The van der Waals surface area contributed by atoms with E-state index >= 15 is 0 Å². The van der Waals surface area contributed by atoms with Crippen molar-refractivity contribution in [2.45, 2.75) is 13.3 Å². The number of rotatable bonds is 7. The van der Waals surface area contributed by atoms with Gasteiger partial charge < -0.3 is 10.1 Å². The molecule has 0 spiro atoms. The highest BCUT2D eigenvalue weighted by Gasteiger charge is 2.00. The van der Waals surface area contributed by atoms with Gasteiger partial charge in [0.1, 0.15) is 12.4 Å². The normalized spacial score (nSPS) is 10.6. The third-order valence-electron chi connectivity index (χ3n) is 2.81. The van der Waals surface area contributed by atoms with Crippen molar-refractivity contribution >= 4 is 10.9 Å². The number of nitrogens with one attached hydrogen (secondary N) is 1. The molecule has 0 aliphatic rings. The van der Waals surface area contributed by atoms with Crippen molar-refractivity contribution in [1.29, 1.82) is 0 Å². The summed E-state index contributed by atoms with van der Waals surface area (Å²) in [5.41, 5.74) is 2.03. The molecule has 1 heterocycles. The molecule has 0 bridgehead atoms. The molecule has 0 amide bonds. The Morgan fingerprint density at radius 1 is 1.37 bits per heavy atom. The van der Waals surface area contributed by atoms with Gasteiger partial charge in [-0.2, -0.15) is 0 Å². The van der Waals surface area contributed by atoms with Crippen LogP contribution in [0, 0.1) is 0 Å². The number of ether oxygens (including phenoxy) is 1. The molecule has 0 aliphatic carbocycles. The molecule has 2 rings (SSSR count). The van der Waals surface area contributed by atoms with Crippen molar-refractivity contribution in [2.24, 2.45) is 0 Å². The first-order valence-corrected chi connectivity index (χ1v) is 6.64. The topological polar surface area (TPSA) is 34.1 Å². The molecule has 19 heavy (non-hydrogen) atoms. The first-order valence-electron chi connectivity index (χ1n) is 6.64. The molecule has 0 aliphatic heterocycles. The highest BCUT2D eigenvalue weighted by molar-refractivity contribution is 5.79.